The molecule has 0 aromatic carbocycles. The highest BCUT2D eigenvalue weighted by Gasteiger charge is 2.51. The molecule has 0 amide bonds. The van der Waals surface area contributed by atoms with Gasteiger partial charge in [-0.25, -0.2) is 0 Å². The molecule has 5 atom stereocenters. The summed E-state index contributed by atoms with van der Waals surface area (Å²) in [6.07, 6.45) is -4.62. The monoisotopic (exact) mass is 346 g/mol. The Morgan fingerprint density at radius 3 is 1.62 bits per heavy atom. The Balaban J connectivity index is 3.18. The van der Waals surface area contributed by atoms with Crippen molar-refractivity contribution in [2.45, 2.75) is 84.8 Å². The topological polar surface area (TPSA) is 97.4 Å². The van der Waals surface area contributed by atoms with Gasteiger partial charge in [-0.1, -0.05) is 0 Å². The van der Waals surface area contributed by atoms with Crippen LogP contribution in [-0.4, -0.2) is 54.2 Å². The van der Waals surface area contributed by atoms with Crippen LogP contribution in [0.15, 0.2) is 0 Å². The van der Waals surface area contributed by atoms with Gasteiger partial charge in [-0.3, -0.25) is 14.4 Å². The highest BCUT2D eigenvalue weighted by molar-refractivity contribution is 5.68. The van der Waals surface area contributed by atoms with Gasteiger partial charge < -0.3 is 23.7 Å². The largest absolute Gasteiger partial charge is 0.456 e. The molecule has 1 saturated heterocycles. The molecule has 0 aromatic rings. The molecule has 1 rings (SSSR count). The van der Waals surface area contributed by atoms with Gasteiger partial charge in [0.2, 0.25) is 0 Å². The zero-order valence-corrected chi connectivity index (χ0v) is 15.2. The number of carbonyl (C=O) groups is 3. The summed E-state index contributed by atoms with van der Waals surface area (Å²) in [6, 6.07) is 0. The van der Waals surface area contributed by atoms with Crippen molar-refractivity contribution in [1.29, 1.82) is 0 Å². The van der Waals surface area contributed by atoms with Gasteiger partial charge in [0.25, 0.3) is 0 Å². The van der Waals surface area contributed by atoms with E-state index in [-0.39, 0.29) is 0 Å². The summed E-state index contributed by atoms with van der Waals surface area (Å²) in [7, 11) is 0. The fourth-order valence-electron chi connectivity index (χ4n) is 2.41. The Morgan fingerprint density at radius 1 is 0.792 bits per heavy atom. The highest BCUT2D eigenvalue weighted by atomic mass is 16.7. The normalized spacial score (nSPS) is 30.4. The summed E-state index contributed by atoms with van der Waals surface area (Å²) in [5, 5.41) is 0. The van der Waals surface area contributed by atoms with Gasteiger partial charge in [0, 0.05) is 20.8 Å². The van der Waals surface area contributed by atoms with Crippen molar-refractivity contribution < 1.29 is 38.1 Å². The molecule has 0 saturated carbocycles. The minimum absolute atomic E-state index is 0.565. The Hall–Kier alpha value is -1.67. The second-order valence-electron chi connectivity index (χ2n) is 6.66. The van der Waals surface area contributed by atoms with Gasteiger partial charge in [-0.2, -0.15) is 0 Å². The second-order valence-corrected chi connectivity index (χ2v) is 6.66. The summed E-state index contributed by atoms with van der Waals surface area (Å²) < 4.78 is 27.3. The van der Waals surface area contributed by atoms with E-state index in [0.29, 0.717) is 0 Å². The molecular formula is C16H26O8. The molecule has 24 heavy (non-hydrogen) atoms. The van der Waals surface area contributed by atoms with E-state index < -0.39 is 54.2 Å². The van der Waals surface area contributed by atoms with Gasteiger partial charge >= 0.3 is 17.9 Å². The SMILES string of the molecule is CC(=O)O[C@H]1[C@@H](OC(C)=O)[C@H](OC(C)(C)C)O[C@@H](C)[C@H]1OC(C)=O. The van der Waals surface area contributed by atoms with Crippen molar-refractivity contribution in [2.24, 2.45) is 0 Å². The van der Waals surface area contributed by atoms with E-state index in [2.05, 4.69) is 0 Å². The van der Waals surface area contributed by atoms with Gasteiger partial charge in [-0.05, 0) is 27.7 Å². The average molecular weight is 346 g/mol. The molecule has 1 aliphatic rings. The van der Waals surface area contributed by atoms with E-state index in [1.165, 1.54) is 20.8 Å². The molecule has 8 heteroatoms. The van der Waals surface area contributed by atoms with Crippen molar-refractivity contribution >= 4 is 17.9 Å². The molecule has 0 unspecified atom stereocenters. The van der Waals surface area contributed by atoms with E-state index in [1.54, 1.807) is 6.92 Å². The summed E-state index contributed by atoms with van der Waals surface area (Å²) in [5.41, 5.74) is -0.599. The first-order valence-corrected chi connectivity index (χ1v) is 7.75. The van der Waals surface area contributed by atoms with Crippen molar-refractivity contribution in [2.75, 3.05) is 0 Å². The van der Waals surface area contributed by atoms with E-state index in [0.717, 1.165) is 0 Å². The van der Waals surface area contributed by atoms with E-state index in [4.69, 9.17) is 23.7 Å². The molecule has 8 nitrogen and oxygen atoms in total. The van der Waals surface area contributed by atoms with Gasteiger partial charge in [0.05, 0.1) is 11.7 Å². The maximum absolute atomic E-state index is 11.5. The van der Waals surface area contributed by atoms with Crippen molar-refractivity contribution in [1.82, 2.24) is 0 Å². The number of esters is 3. The van der Waals surface area contributed by atoms with Crippen molar-refractivity contribution in [3.05, 3.63) is 0 Å². The molecule has 0 aliphatic carbocycles. The van der Waals surface area contributed by atoms with Crippen LogP contribution in [0.4, 0.5) is 0 Å². The molecule has 1 fully saturated rings. The van der Waals surface area contributed by atoms with Gasteiger partial charge in [0.15, 0.2) is 24.6 Å². The summed E-state index contributed by atoms with van der Waals surface area (Å²) >= 11 is 0. The number of ether oxygens (including phenoxy) is 5. The summed E-state index contributed by atoms with van der Waals surface area (Å²) in [6.45, 7) is 10.8. The van der Waals surface area contributed by atoms with Crippen LogP contribution in [0.1, 0.15) is 48.5 Å². The summed E-state index contributed by atoms with van der Waals surface area (Å²) in [4.78, 5) is 34.3. The Bertz CT molecular complexity index is 481. The Labute approximate surface area is 141 Å². The van der Waals surface area contributed by atoms with E-state index in [9.17, 15) is 14.4 Å². The molecular weight excluding hydrogens is 320 g/mol. The minimum atomic E-state index is -1.06. The smallest absolute Gasteiger partial charge is 0.303 e. The average Bonchev–Trinajstić information content (AvgIpc) is 2.35. The Kier molecular flexibility index (Phi) is 6.74. The van der Waals surface area contributed by atoms with Gasteiger partial charge in [-0.15, -0.1) is 0 Å². The molecule has 0 N–H and O–H groups in total. The number of hydrogen-bond acceptors (Lipinski definition) is 8. The highest BCUT2D eigenvalue weighted by Crippen LogP contribution is 2.31. The fraction of sp³-hybridized carbons (Fsp3) is 0.812. The van der Waals surface area contributed by atoms with Crippen LogP contribution in [0.5, 0.6) is 0 Å². The predicted molar refractivity (Wildman–Crippen MR) is 81.8 cm³/mol. The van der Waals surface area contributed by atoms with Crippen LogP contribution in [0.2, 0.25) is 0 Å². The lowest BCUT2D eigenvalue weighted by Gasteiger charge is -2.44. The van der Waals surface area contributed by atoms with E-state index >= 15 is 0 Å². The number of rotatable bonds is 4. The van der Waals surface area contributed by atoms with Crippen LogP contribution in [-0.2, 0) is 38.1 Å². The quantitative estimate of drug-likeness (QED) is 0.556. The first-order valence-electron chi connectivity index (χ1n) is 7.75. The standard InChI is InChI=1S/C16H26O8/c1-8-12(21-9(2)17)13(22-10(3)18)14(23-11(4)19)15(20-8)24-16(5,6)7/h8,12-15H,1-7H3/t8-,12+,13+,14+,15-/m0/s1. The van der Waals surface area contributed by atoms with Crippen molar-refractivity contribution in [3.63, 3.8) is 0 Å². The first-order chi connectivity index (χ1) is 10.9. The maximum atomic E-state index is 11.5. The predicted octanol–water partition coefficient (Wildman–Crippen LogP) is 1.34. The third-order valence-electron chi connectivity index (χ3n) is 3.10. The van der Waals surface area contributed by atoms with Crippen LogP contribution < -0.4 is 0 Å². The molecule has 0 bridgehead atoms. The first kappa shape index (κ1) is 20.4. The van der Waals surface area contributed by atoms with Crippen LogP contribution in [0, 0.1) is 0 Å². The zero-order valence-electron chi connectivity index (χ0n) is 15.2. The summed E-state index contributed by atoms with van der Waals surface area (Å²) in [5.74, 6) is -1.76. The fourth-order valence-corrected chi connectivity index (χ4v) is 2.41. The second kappa shape index (κ2) is 7.94. The zero-order chi connectivity index (χ0) is 18.7. The lowest BCUT2D eigenvalue weighted by Crippen LogP contribution is -2.62. The van der Waals surface area contributed by atoms with Crippen LogP contribution >= 0.6 is 0 Å². The molecule has 1 heterocycles. The third-order valence-corrected chi connectivity index (χ3v) is 3.10. The third kappa shape index (κ3) is 6.09. The van der Waals surface area contributed by atoms with Crippen molar-refractivity contribution in [3.8, 4) is 0 Å². The lowest BCUT2D eigenvalue weighted by atomic mass is 9.98. The lowest BCUT2D eigenvalue weighted by molar-refractivity contribution is -0.319. The molecule has 0 aromatic heterocycles. The molecule has 0 spiro atoms. The van der Waals surface area contributed by atoms with Gasteiger partial charge in [0.1, 0.15) is 0 Å². The van der Waals surface area contributed by atoms with Crippen LogP contribution in [0.25, 0.3) is 0 Å². The Morgan fingerprint density at radius 2 is 1.21 bits per heavy atom. The molecule has 1 aliphatic heterocycles. The number of carbonyl (C=O) groups excluding carboxylic acids is 3. The molecule has 138 valence electrons. The minimum Gasteiger partial charge on any atom is -0.456 e. The van der Waals surface area contributed by atoms with E-state index in [1.807, 2.05) is 20.8 Å². The maximum Gasteiger partial charge on any atom is 0.303 e. The number of hydrogen-bond donors (Lipinski definition) is 0. The molecule has 0 radical (unpaired) electrons. The van der Waals surface area contributed by atoms with Crippen LogP contribution in [0.3, 0.4) is 0 Å².